The number of nitrogens with zero attached hydrogens (tertiary/aromatic N) is 2. The van der Waals surface area contributed by atoms with Gasteiger partial charge in [0, 0.05) is 18.7 Å². The third kappa shape index (κ3) is 1.63. The highest BCUT2D eigenvalue weighted by Crippen LogP contribution is 2.29. The first-order valence-corrected chi connectivity index (χ1v) is 5.06. The molecule has 1 fully saturated rings. The van der Waals surface area contributed by atoms with Crippen molar-refractivity contribution in [2.24, 2.45) is 7.05 Å². The van der Waals surface area contributed by atoms with Crippen LogP contribution in [0.4, 0.5) is 0 Å². The van der Waals surface area contributed by atoms with Crippen LogP contribution < -0.4 is 5.32 Å². The number of aromatic nitrogens is 2. The van der Waals surface area contributed by atoms with E-state index in [1.807, 2.05) is 14.0 Å². The van der Waals surface area contributed by atoms with Crippen molar-refractivity contribution >= 4 is 5.97 Å². The molecule has 0 saturated carbocycles. The van der Waals surface area contributed by atoms with Gasteiger partial charge in [-0.25, -0.2) is 0 Å². The second kappa shape index (κ2) is 3.66. The van der Waals surface area contributed by atoms with Gasteiger partial charge < -0.3 is 10.4 Å². The third-order valence-electron chi connectivity index (χ3n) is 3.16. The molecule has 1 aromatic rings. The van der Waals surface area contributed by atoms with Gasteiger partial charge in [-0.1, -0.05) is 0 Å². The number of nitrogens with one attached hydrogen (secondary N) is 1. The zero-order valence-electron chi connectivity index (χ0n) is 8.90. The highest BCUT2D eigenvalue weighted by molar-refractivity contribution is 5.75. The number of rotatable bonds is 2. The van der Waals surface area contributed by atoms with Gasteiger partial charge in [-0.2, -0.15) is 5.10 Å². The van der Waals surface area contributed by atoms with Gasteiger partial charge in [-0.05, 0) is 25.5 Å². The van der Waals surface area contributed by atoms with Crippen LogP contribution in [0.15, 0.2) is 6.20 Å². The molecule has 5 heteroatoms. The fourth-order valence-corrected chi connectivity index (χ4v) is 2.18. The van der Waals surface area contributed by atoms with Crippen molar-refractivity contribution in [2.45, 2.75) is 25.3 Å². The molecule has 2 N–H and O–H groups in total. The molecule has 1 aliphatic heterocycles. The van der Waals surface area contributed by atoms with Gasteiger partial charge >= 0.3 is 5.97 Å². The number of hydrogen-bond donors (Lipinski definition) is 2. The van der Waals surface area contributed by atoms with Crippen molar-refractivity contribution in [1.29, 1.82) is 0 Å². The lowest BCUT2D eigenvalue weighted by Gasteiger charge is -2.14. The van der Waals surface area contributed by atoms with Crippen LogP contribution in [0.2, 0.25) is 0 Å². The van der Waals surface area contributed by atoms with Crippen LogP contribution in [0.25, 0.3) is 0 Å². The molecular weight excluding hydrogens is 194 g/mol. The molecule has 0 aliphatic carbocycles. The van der Waals surface area contributed by atoms with E-state index in [-0.39, 0.29) is 5.92 Å². The summed E-state index contributed by atoms with van der Waals surface area (Å²) >= 11 is 0. The fourth-order valence-electron chi connectivity index (χ4n) is 2.18. The Morgan fingerprint density at radius 1 is 1.73 bits per heavy atom. The molecule has 15 heavy (non-hydrogen) atoms. The van der Waals surface area contributed by atoms with Gasteiger partial charge in [0.15, 0.2) is 0 Å². The van der Waals surface area contributed by atoms with Crippen molar-refractivity contribution in [3.8, 4) is 0 Å². The molecule has 0 radical (unpaired) electrons. The summed E-state index contributed by atoms with van der Waals surface area (Å²) in [4.78, 5) is 11.0. The second-order valence-electron chi connectivity index (χ2n) is 3.97. The largest absolute Gasteiger partial charge is 0.480 e. The van der Waals surface area contributed by atoms with Crippen LogP contribution in [0.5, 0.6) is 0 Å². The summed E-state index contributed by atoms with van der Waals surface area (Å²) < 4.78 is 1.78. The summed E-state index contributed by atoms with van der Waals surface area (Å²) in [5.74, 6) is -0.725. The third-order valence-corrected chi connectivity index (χ3v) is 3.16. The van der Waals surface area contributed by atoms with Crippen molar-refractivity contribution in [2.75, 3.05) is 6.54 Å². The predicted octanol–water partition coefficient (Wildman–Crippen LogP) is 0.259. The number of carboxylic acid groups (broad SMARTS) is 1. The van der Waals surface area contributed by atoms with E-state index in [9.17, 15) is 4.79 Å². The average Bonchev–Trinajstić information content (AvgIpc) is 2.75. The molecule has 0 spiro atoms. The van der Waals surface area contributed by atoms with E-state index >= 15 is 0 Å². The first-order chi connectivity index (χ1) is 7.11. The van der Waals surface area contributed by atoms with Crippen molar-refractivity contribution in [3.05, 3.63) is 17.5 Å². The lowest BCUT2D eigenvalue weighted by atomic mass is 9.92. The Bertz CT molecular complexity index is 386. The molecule has 1 aliphatic rings. The number of carbonyl (C=O) groups is 1. The second-order valence-corrected chi connectivity index (χ2v) is 3.97. The van der Waals surface area contributed by atoms with Gasteiger partial charge in [0.05, 0.1) is 6.20 Å². The average molecular weight is 209 g/mol. The summed E-state index contributed by atoms with van der Waals surface area (Å²) in [6.07, 6.45) is 2.65. The molecule has 0 aromatic carbocycles. The van der Waals surface area contributed by atoms with Crippen LogP contribution >= 0.6 is 0 Å². The van der Waals surface area contributed by atoms with Crippen molar-refractivity contribution in [1.82, 2.24) is 15.1 Å². The first kappa shape index (κ1) is 10.2. The standard InChI is InChI=1S/C10H15N3O2/c1-6-8(5-12-13(6)2)7-3-4-11-9(7)10(14)15/h5,7,9,11H,3-4H2,1-2H3,(H,14,15). The summed E-state index contributed by atoms with van der Waals surface area (Å²) in [6, 6.07) is -0.465. The monoisotopic (exact) mass is 209 g/mol. The molecule has 1 saturated heterocycles. The van der Waals surface area contributed by atoms with E-state index < -0.39 is 12.0 Å². The molecule has 0 bridgehead atoms. The molecule has 2 rings (SSSR count). The van der Waals surface area contributed by atoms with E-state index in [2.05, 4.69) is 10.4 Å². The first-order valence-electron chi connectivity index (χ1n) is 5.06. The maximum absolute atomic E-state index is 11.0. The smallest absolute Gasteiger partial charge is 0.321 e. The van der Waals surface area contributed by atoms with Gasteiger partial charge in [-0.15, -0.1) is 0 Å². The van der Waals surface area contributed by atoms with Gasteiger partial charge in [-0.3, -0.25) is 9.48 Å². The normalized spacial score (nSPS) is 25.7. The Labute approximate surface area is 88.1 Å². The minimum absolute atomic E-state index is 0.0520. The van der Waals surface area contributed by atoms with E-state index in [4.69, 9.17) is 5.11 Å². The highest BCUT2D eigenvalue weighted by Gasteiger charge is 2.35. The van der Waals surface area contributed by atoms with Crippen LogP contribution in [0.1, 0.15) is 23.6 Å². The van der Waals surface area contributed by atoms with Gasteiger partial charge in [0.25, 0.3) is 0 Å². The van der Waals surface area contributed by atoms with Gasteiger partial charge in [0.1, 0.15) is 6.04 Å². The van der Waals surface area contributed by atoms with Crippen molar-refractivity contribution in [3.63, 3.8) is 0 Å². The number of hydrogen-bond acceptors (Lipinski definition) is 3. The van der Waals surface area contributed by atoms with E-state index in [1.165, 1.54) is 0 Å². The Hall–Kier alpha value is -1.36. The molecule has 2 heterocycles. The molecule has 0 amide bonds. The number of aryl methyl sites for hydroxylation is 1. The summed E-state index contributed by atoms with van der Waals surface area (Å²) in [5, 5.41) is 16.2. The lowest BCUT2D eigenvalue weighted by Crippen LogP contribution is -2.34. The molecule has 2 unspecified atom stereocenters. The molecule has 2 atom stereocenters. The molecule has 82 valence electrons. The quantitative estimate of drug-likeness (QED) is 0.733. The minimum atomic E-state index is -0.777. The zero-order chi connectivity index (χ0) is 11.0. The maximum Gasteiger partial charge on any atom is 0.321 e. The lowest BCUT2D eigenvalue weighted by molar-refractivity contribution is -0.139. The summed E-state index contributed by atoms with van der Waals surface area (Å²) in [7, 11) is 1.87. The zero-order valence-corrected chi connectivity index (χ0v) is 8.90. The number of carboxylic acids is 1. The Morgan fingerprint density at radius 3 is 3.00 bits per heavy atom. The molecule has 5 nitrogen and oxygen atoms in total. The SMILES string of the molecule is Cc1c(C2CCNC2C(=O)O)cnn1C. The van der Waals surface area contributed by atoms with Crippen LogP contribution in [0.3, 0.4) is 0 Å². The fraction of sp³-hybridized carbons (Fsp3) is 0.600. The highest BCUT2D eigenvalue weighted by atomic mass is 16.4. The Morgan fingerprint density at radius 2 is 2.47 bits per heavy atom. The number of aliphatic carboxylic acids is 1. The van der Waals surface area contributed by atoms with Gasteiger partial charge in [0.2, 0.25) is 0 Å². The minimum Gasteiger partial charge on any atom is -0.480 e. The van der Waals surface area contributed by atoms with Crippen LogP contribution in [-0.4, -0.2) is 33.4 Å². The Balaban J connectivity index is 2.30. The summed E-state index contributed by atoms with van der Waals surface area (Å²) in [6.45, 7) is 2.73. The van der Waals surface area contributed by atoms with E-state index in [0.29, 0.717) is 0 Å². The summed E-state index contributed by atoms with van der Waals surface area (Å²) in [5.41, 5.74) is 2.10. The van der Waals surface area contributed by atoms with E-state index in [1.54, 1.807) is 10.9 Å². The van der Waals surface area contributed by atoms with Crippen molar-refractivity contribution < 1.29 is 9.90 Å². The van der Waals surface area contributed by atoms with E-state index in [0.717, 1.165) is 24.2 Å². The van der Waals surface area contributed by atoms with Crippen LogP contribution in [-0.2, 0) is 11.8 Å². The van der Waals surface area contributed by atoms with Crippen LogP contribution in [0, 0.1) is 6.92 Å². The molecular formula is C10H15N3O2. The maximum atomic E-state index is 11.0. The molecule has 1 aromatic heterocycles. The topological polar surface area (TPSA) is 67.2 Å². The predicted molar refractivity (Wildman–Crippen MR) is 54.7 cm³/mol. The Kier molecular flexibility index (Phi) is 2.48.